The van der Waals surface area contributed by atoms with E-state index in [0.717, 1.165) is 44.1 Å². The molecule has 0 spiro atoms. The first-order valence-corrected chi connectivity index (χ1v) is 25.7. The summed E-state index contributed by atoms with van der Waals surface area (Å²) in [6.45, 7) is 13.2. The minimum absolute atomic E-state index is 0.0168. The number of halogens is 2. The highest BCUT2D eigenvalue weighted by Gasteiger charge is 2.31. The molecule has 2 aliphatic heterocycles. The van der Waals surface area contributed by atoms with E-state index >= 15 is 0 Å². The van der Waals surface area contributed by atoms with Crippen LogP contribution in [0.5, 0.6) is 0 Å². The Morgan fingerprint density at radius 2 is 1.30 bits per heavy atom. The molecule has 4 aromatic rings. The molecule has 64 heavy (non-hydrogen) atoms. The summed E-state index contributed by atoms with van der Waals surface area (Å²) in [5.74, 6) is 0.611. The van der Waals surface area contributed by atoms with Crippen LogP contribution in [0.15, 0.2) is 93.3 Å². The van der Waals surface area contributed by atoms with Gasteiger partial charge in [0.05, 0.1) is 92.5 Å². The van der Waals surface area contributed by atoms with Crippen LogP contribution in [0.2, 0.25) is 5.02 Å². The monoisotopic (exact) mass is 1010 g/mol. The van der Waals surface area contributed by atoms with Crippen molar-refractivity contribution in [3.05, 3.63) is 88.5 Å². The van der Waals surface area contributed by atoms with E-state index in [1.54, 1.807) is 62.4 Å². The Morgan fingerprint density at radius 3 is 1.92 bits per heavy atom. The number of rotatable bonds is 25. The van der Waals surface area contributed by atoms with Gasteiger partial charge in [-0.05, 0) is 91.1 Å². The smallest absolute Gasteiger partial charge is 0.244 e. The first-order valence-electron chi connectivity index (χ1n) is 21.6. The van der Waals surface area contributed by atoms with Crippen molar-refractivity contribution in [1.29, 1.82) is 0 Å². The van der Waals surface area contributed by atoms with Gasteiger partial charge < -0.3 is 39.2 Å². The zero-order valence-corrected chi connectivity index (χ0v) is 40.3. The van der Waals surface area contributed by atoms with E-state index in [1.807, 2.05) is 12.1 Å². The van der Waals surface area contributed by atoms with Crippen molar-refractivity contribution >= 4 is 76.2 Å². The predicted octanol–water partition coefficient (Wildman–Crippen LogP) is 6.62. The number of sulfonamides is 1. The SMILES string of the molecule is CC(C)S(=O)(=O)c1ccccc1Nc1nc(Nc2ccc(N3CCN(CCOCCOCCOCCOCCOC4CCN(S(=O)(=O)c5ccccc5Br)CC4)CC3)cc2)ncc1Cl. The fraction of sp³-hybridized carbons (Fsp3) is 0.500. The zero-order chi connectivity index (χ0) is 45.4. The summed E-state index contributed by atoms with van der Waals surface area (Å²) < 4.78 is 82.5. The second kappa shape index (κ2) is 24.9. The molecule has 0 saturated carbocycles. The maximum absolute atomic E-state index is 13.0. The molecule has 350 valence electrons. The Balaban J connectivity index is 0.756. The van der Waals surface area contributed by atoms with Crippen molar-refractivity contribution in [3.63, 3.8) is 0 Å². The molecule has 2 N–H and O–H groups in total. The largest absolute Gasteiger partial charge is 0.378 e. The zero-order valence-electron chi connectivity index (χ0n) is 36.4. The van der Waals surface area contributed by atoms with E-state index < -0.39 is 25.1 Å². The van der Waals surface area contributed by atoms with Gasteiger partial charge in [0.25, 0.3) is 0 Å². The second-order valence-corrected chi connectivity index (χ2v) is 21.1. The van der Waals surface area contributed by atoms with E-state index in [-0.39, 0.29) is 16.0 Å². The average molecular weight is 1010 g/mol. The van der Waals surface area contributed by atoms with Gasteiger partial charge in [-0.3, -0.25) is 4.90 Å². The van der Waals surface area contributed by atoms with E-state index in [2.05, 4.69) is 58.5 Å². The maximum atomic E-state index is 13.0. The molecule has 2 fully saturated rings. The van der Waals surface area contributed by atoms with E-state index in [4.69, 9.17) is 35.3 Å². The van der Waals surface area contributed by atoms with Crippen LogP contribution >= 0.6 is 27.5 Å². The summed E-state index contributed by atoms with van der Waals surface area (Å²) >= 11 is 9.76. The molecular weight excluding hydrogens is 950 g/mol. The van der Waals surface area contributed by atoms with Crippen LogP contribution in [0.25, 0.3) is 0 Å². The van der Waals surface area contributed by atoms with Gasteiger partial charge in [0.1, 0.15) is 5.02 Å². The quantitative estimate of drug-likeness (QED) is 0.0678. The fourth-order valence-electron chi connectivity index (χ4n) is 7.09. The van der Waals surface area contributed by atoms with Gasteiger partial charge in [0.15, 0.2) is 15.7 Å². The van der Waals surface area contributed by atoms with Gasteiger partial charge in [-0.2, -0.15) is 9.29 Å². The summed E-state index contributed by atoms with van der Waals surface area (Å²) in [6.07, 6.45) is 2.79. The third kappa shape index (κ3) is 14.5. The molecule has 2 saturated heterocycles. The van der Waals surface area contributed by atoms with Crippen molar-refractivity contribution in [3.8, 4) is 0 Å². The number of para-hydroxylation sites is 1. The maximum Gasteiger partial charge on any atom is 0.244 e. The first-order chi connectivity index (χ1) is 30.9. The topological polar surface area (TPSA) is 174 Å². The molecule has 20 heteroatoms. The molecule has 3 aromatic carbocycles. The van der Waals surface area contributed by atoms with E-state index in [1.165, 1.54) is 10.5 Å². The van der Waals surface area contributed by atoms with Crippen LogP contribution in [-0.2, 0) is 43.5 Å². The number of aromatic nitrogens is 2. The van der Waals surface area contributed by atoms with E-state index in [9.17, 15) is 16.8 Å². The number of hydrogen-bond acceptors (Lipinski definition) is 15. The number of piperidine rings is 1. The molecule has 0 amide bonds. The molecule has 6 rings (SSSR count). The van der Waals surface area contributed by atoms with Gasteiger partial charge in [-0.15, -0.1) is 0 Å². The van der Waals surface area contributed by atoms with Gasteiger partial charge in [0, 0.05) is 61.7 Å². The highest BCUT2D eigenvalue weighted by Crippen LogP contribution is 2.31. The third-order valence-corrected chi connectivity index (χ3v) is 16.2. The number of nitrogens with zero attached hydrogens (tertiary/aromatic N) is 5. The van der Waals surface area contributed by atoms with Crippen molar-refractivity contribution in [2.24, 2.45) is 0 Å². The normalized spacial score (nSPS) is 15.8. The molecule has 0 radical (unpaired) electrons. The summed E-state index contributed by atoms with van der Waals surface area (Å²) in [5, 5.41) is 5.98. The number of piperazine rings is 1. The van der Waals surface area contributed by atoms with Crippen LogP contribution in [-0.4, -0.2) is 153 Å². The summed E-state index contributed by atoms with van der Waals surface area (Å²) in [5.41, 5.74) is 2.32. The van der Waals surface area contributed by atoms with Gasteiger partial charge >= 0.3 is 0 Å². The van der Waals surface area contributed by atoms with Crippen LogP contribution in [0.4, 0.5) is 28.8 Å². The highest BCUT2D eigenvalue weighted by molar-refractivity contribution is 9.10. The number of hydrogen-bond donors (Lipinski definition) is 2. The lowest BCUT2D eigenvalue weighted by Gasteiger charge is -2.36. The van der Waals surface area contributed by atoms with Crippen molar-refractivity contribution in [1.82, 2.24) is 19.2 Å². The van der Waals surface area contributed by atoms with Crippen molar-refractivity contribution in [2.75, 3.05) is 121 Å². The van der Waals surface area contributed by atoms with Crippen molar-refractivity contribution < 1.29 is 40.5 Å². The molecule has 0 bridgehead atoms. The fourth-order valence-corrected chi connectivity index (χ4v) is 10.9. The first kappa shape index (κ1) is 50.0. The van der Waals surface area contributed by atoms with Crippen LogP contribution in [0.3, 0.4) is 0 Å². The van der Waals surface area contributed by atoms with Gasteiger partial charge in [-0.1, -0.05) is 35.9 Å². The summed E-state index contributed by atoms with van der Waals surface area (Å²) in [7, 11) is -7.07. The number of benzene rings is 3. The molecule has 0 atom stereocenters. The Morgan fingerprint density at radius 1 is 0.719 bits per heavy atom. The van der Waals surface area contributed by atoms with Crippen LogP contribution < -0.4 is 15.5 Å². The molecule has 0 aliphatic carbocycles. The Bertz CT molecular complexity index is 2280. The number of ether oxygens (including phenoxy) is 5. The minimum Gasteiger partial charge on any atom is -0.378 e. The summed E-state index contributed by atoms with van der Waals surface area (Å²) in [4.78, 5) is 14.1. The third-order valence-electron chi connectivity index (χ3n) is 10.8. The van der Waals surface area contributed by atoms with Crippen molar-refractivity contribution in [2.45, 2.75) is 47.8 Å². The van der Waals surface area contributed by atoms with Gasteiger partial charge in [-0.25, -0.2) is 21.8 Å². The molecule has 16 nitrogen and oxygen atoms in total. The number of anilines is 5. The van der Waals surface area contributed by atoms with E-state index in [0.29, 0.717) is 112 Å². The molecule has 3 heterocycles. The lowest BCUT2D eigenvalue weighted by molar-refractivity contribution is -0.0318. The molecule has 0 unspecified atom stereocenters. The molecule has 1 aromatic heterocycles. The molecular formula is C44H59BrClN7O9S2. The second-order valence-electron chi connectivity index (χ2n) is 15.5. The Kier molecular flexibility index (Phi) is 19.4. The average Bonchev–Trinajstić information content (AvgIpc) is 3.29. The minimum atomic E-state index is -3.53. The Hall–Kier alpha value is -3.47. The number of sulfone groups is 1. The number of nitrogens with one attached hydrogen (secondary N) is 2. The predicted molar refractivity (Wildman–Crippen MR) is 253 cm³/mol. The lowest BCUT2D eigenvalue weighted by Crippen LogP contribution is -2.47. The standard InChI is InChI=1S/C44H59BrClN7O9S2/c1-34(2)63(54,55)42-10-6-4-8-40(42)49-43-39(46)33-47-44(50-43)48-35-11-13-36(14-12-35)52-21-19-51(20-22-52)23-24-58-25-26-59-27-28-60-29-30-61-31-32-62-37-15-17-53(18-16-37)64(56,57)41-9-5-3-7-38(41)45/h3-14,33-34,37H,15-32H2,1-2H3,(H2,47,48,49,50). The summed E-state index contributed by atoms with van der Waals surface area (Å²) in [6, 6.07) is 21.7. The van der Waals surface area contributed by atoms with Crippen LogP contribution in [0.1, 0.15) is 26.7 Å². The highest BCUT2D eigenvalue weighted by atomic mass is 79.9. The van der Waals surface area contributed by atoms with Crippen LogP contribution in [0, 0.1) is 0 Å². The Labute approximate surface area is 391 Å². The molecule has 2 aliphatic rings. The van der Waals surface area contributed by atoms with Gasteiger partial charge in [0.2, 0.25) is 16.0 Å². The lowest BCUT2D eigenvalue weighted by atomic mass is 10.1.